The van der Waals surface area contributed by atoms with Crippen molar-refractivity contribution in [3.8, 4) is 0 Å². The number of methoxy groups -OCH3 is 1. The molecule has 0 saturated heterocycles. The second-order valence-corrected chi connectivity index (χ2v) is 5.62. The number of aromatic nitrogens is 2. The number of hydrogen-bond acceptors (Lipinski definition) is 4. The Labute approximate surface area is 110 Å². The SMILES string of the molecule is COCCCc1nc(C)cc(CNC(C)(C)C)n1. The summed E-state index contributed by atoms with van der Waals surface area (Å²) in [7, 11) is 1.72. The molecule has 1 aromatic heterocycles. The number of aryl methyl sites for hydroxylation is 2. The second-order valence-electron chi connectivity index (χ2n) is 5.62. The zero-order chi connectivity index (χ0) is 13.6. The Bertz CT molecular complexity index is 372. The Balaban J connectivity index is 2.62. The lowest BCUT2D eigenvalue weighted by Crippen LogP contribution is -2.35. The van der Waals surface area contributed by atoms with Gasteiger partial charge in [0.1, 0.15) is 5.82 Å². The Morgan fingerprint density at radius 1 is 1.28 bits per heavy atom. The molecule has 18 heavy (non-hydrogen) atoms. The van der Waals surface area contributed by atoms with Gasteiger partial charge in [0.05, 0.1) is 5.69 Å². The van der Waals surface area contributed by atoms with Gasteiger partial charge in [0.25, 0.3) is 0 Å². The van der Waals surface area contributed by atoms with Crippen molar-refractivity contribution in [2.45, 2.75) is 52.6 Å². The summed E-state index contributed by atoms with van der Waals surface area (Å²) < 4.78 is 5.05. The summed E-state index contributed by atoms with van der Waals surface area (Å²) in [6.45, 7) is 10.0. The summed E-state index contributed by atoms with van der Waals surface area (Å²) >= 11 is 0. The maximum Gasteiger partial charge on any atom is 0.128 e. The second kappa shape index (κ2) is 6.81. The lowest BCUT2D eigenvalue weighted by molar-refractivity contribution is 0.194. The van der Waals surface area contributed by atoms with Crippen LogP contribution in [0.3, 0.4) is 0 Å². The third kappa shape index (κ3) is 6.07. The third-order valence-electron chi connectivity index (χ3n) is 2.50. The molecule has 0 aliphatic heterocycles. The molecule has 1 aromatic rings. The minimum atomic E-state index is 0.106. The van der Waals surface area contributed by atoms with Crippen LogP contribution >= 0.6 is 0 Å². The summed E-state index contributed by atoms with van der Waals surface area (Å²) in [5.74, 6) is 0.915. The van der Waals surface area contributed by atoms with E-state index >= 15 is 0 Å². The van der Waals surface area contributed by atoms with Gasteiger partial charge in [-0.15, -0.1) is 0 Å². The lowest BCUT2D eigenvalue weighted by atomic mass is 10.1. The molecule has 0 aromatic carbocycles. The van der Waals surface area contributed by atoms with Gasteiger partial charge in [-0.1, -0.05) is 0 Å². The summed E-state index contributed by atoms with van der Waals surface area (Å²) in [6.07, 6.45) is 1.84. The smallest absolute Gasteiger partial charge is 0.128 e. The Kier molecular flexibility index (Phi) is 5.69. The summed E-state index contributed by atoms with van der Waals surface area (Å²) in [4.78, 5) is 9.03. The molecule has 4 heteroatoms. The molecular weight excluding hydrogens is 226 g/mol. The zero-order valence-electron chi connectivity index (χ0n) is 12.2. The molecule has 0 fully saturated rings. The first kappa shape index (κ1) is 15.1. The molecule has 0 amide bonds. The standard InChI is InChI=1S/C14H25N3O/c1-11-9-12(10-15-14(2,3)4)17-13(16-11)7-6-8-18-5/h9,15H,6-8,10H2,1-5H3. The highest BCUT2D eigenvalue weighted by Gasteiger charge is 2.10. The Morgan fingerprint density at radius 2 is 2.00 bits per heavy atom. The van der Waals surface area contributed by atoms with E-state index in [1.807, 2.05) is 13.0 Å². The predicted octanol–water partition coefficient (Wildman–Crippen LogP) is 2.25. The van der Waals surface area contributed by atoms with Gasteiger partial charge in [-0.05, 0) is 40.2 Å². The fourth-order valence-corrected chi connectivity index (χ4v) is 1.63. The molecule has 0 spiro atoms. The van der Waals surface area contributed by atoms with Crippen LogP contribution in [0.1, 0.15) is 44.4 Å². The highest BCUT2D eigenvalue weighted by molar-refractivity contribution is 5.10. The molecule has 102 valence electrons. The van der Waals surface area contributed by atoms with E-state index in [-0.39, 0.29) is 5.54 Å². The third-order valence-corrected chi connectivity index (χ3v) is 2.50. The van der Waals surface area contributed by atoms with Crippen molar-refractivity contribution in [2.75, 3.05) is 13.7 Å². The largest absolute Gasteiger partial charge is 0.385 e. The average Bonchev–Trinajstić information content (AvgIpc) is 2.25. The van der Waals surface area contributed by atoms with Crippen molar-refractivity contribution in [1.29, 1.82) is 0 Å². The number of nitrogens with one attached hydrogen (secondary N) is 1. The van der Waals surface area contributed by atoms with Gasteiger partial charge in [-0.3, -0.25) is 0 Å². The van der Waals surface area contributed by atoms with Crippen LogP contribution in [0.2, 0.25) is 0 Å². The lowest BCUT2D eigenvalue weighted by Gasteiger charge is -2.20. The highest BCUT2D eigenvalue weighted by Crippen LogP contribution is 2.06. The van der Waals surface area contributed by atoms with E-state index in [9.17, 15) is 0 Å². The number of ether oxygens (including phenoxy) is 1. The van der Waals surface area contributed by atoms with Crippen molar-refractivity contribution in [1.82, 2.24) is 15.3 Å². The van der Waals surface area contributed by atoms with E-state index in [4.69, 9.17) is 4.74 Å². The molecule has 1 heterocycles. The van der Waals surface area contributed by atoms with Crippen LogP contribution in [0.15, 0.2) is 6.07 Å². The van der Waals surface area contributed by atoms with Crippen molar-refractivity contribution in [3.63, 3.8) is 0 Å². The van der Waals surface area contributed by atoms with Crippen molar-refractivity contribution in [2.24, 2.45) is 0 Å². The normalized spacial score (nSPS) is 11.8. The molecule has 0 radical (unpaired) electrons. The minimum absolute atomic E-state index is 0.106. The maximum absolute atomic E-state index is 5.05. The number of rotatable bonds is 6. The Morgan fingerprint density at radius 3 is 2.61 bits per heavy atom. The van der Waals surface area contributed by atoms with Crippen LogP contribution < -0.4 is 5.32 Å². The van der Waals surface area contributed by atoms with Crippen LogP contribution in [-0.4, -0.2) is 29.2 Å². The van der Waals surface area contributed by atoms with Crippen molar-refractivity contribution >= 4 is 0 Å². The zero-order valence-corrected chi connectivity index (χ0v) is 12.2. The summed E-state index contributed by atoms with van der Waals surface area (Å²) in [5, 5.41) is 3.44. The van der Waals surface area contributed by atoms with Gasteiger partial charge >= 0.3 is 0 Å². The molecule has 0 unspecified atom stereocenters. The average molecular weight is 251 g/mol. The first-order valence-electron chi connectivity index (χ1n) is 6.48. The van der Waals surface area contributed by atoms with E-state index in [1.165, 1.54) is 0 Å². The van der Waals surface area contributed by atoms with Crippen molar-refractivity contribution in [3.05, 3.63) is 23.3 Å². The monoisotopic (exact) mass is 251 g/mol. The molecule has 0 saturated carbocycles. The van der Waals surface area contributed by atoms with Crippen LogP contribution in [0.4, 0.5) is 0 Å². The highest BCUT2D eigenvalue weighted by atomic mass is 16.5. The van der Waals surface area contributed by atoms with Gasteiger partial charge in [-0.25, -0.2) is 9.97 Å². The molecule has 0 aliphatic rings. The van der Waals surface area contributed by atoms with Crippen LogP contribution in [0.5, 0.6) is 0 Å². The van der Waals surface area contributed by atoms with E-state index < -0.39 is 0 Å². The van der Waals surface area contributed by atoms with Crippen LogP contribution in [-0.2, 0) is 17.7 Å². The van der Waals surface area contributed by atoms with Crippen molar-refractivity contribution < 1.29 is 4.74 Å². The van der Waals surface area contributed by atoms with Crippen LogP contribution in [0, 0.1) is 6.92 Å². The first-order chi connectivity index (χ1) is 8.40. The molecule has 1 rings (SSSR count). The number of hydrogen-bond donors (Lipinski definition) is 1. The molecular formula is C14H25N3O. The van der Waals surface area contributed by atoms with Gasteiger partial charge in [0.2, 0.25) is 0 Å². The van der Waals surface area contributed by atoms with Gasteiger partial charge in [-0.2, -0.15) is 0 Å². The number of nitrogens with zero attached hydrogens (tertiary/aromatic N) is 2. The minimum Gasteiger partial charge on any atom is -0.385 e. The van der Waals surface area contributed by atoms with E-state index in [1.54, 1.807) is 7.11 Å². The van der Waals surface area contributed by atoms with Gasteiger partial charge < -0.3 is 10.1 Å². The topological polar surface area (TPSA) is 47.0 Å². The molecule has 0 atom stereocenters. The maximum atomic E-state index is 5.05. The summed E-state index contributed by atoms with van der Waals surface area (Å²) in [5.41, 5.74) is 2.20. The predicted molar refractivity (Wildman–Crippen MR) is 73.6 cm³/mol. The fraction of sp³-hybridized carbons (Fsp3) is 0.714. The quantitative estimate of drug-likeness (QED) is 0.788. The fourth-order valence-electron chi connectivity index (χ4n) is 1.63. The Hall–Kier alpha value is -1.00. The molecule has 1 N–H and O–H groups in total. The van der Waals surface area contributed by atoms with Gasteiger partial charge in [0.15, 0.2) is 0 Å². The first-order valence-corrected chi connectivity index (χ1v) is 6.48. The molecule has 0 bridgehead atoms. The van der Waals surface area contributed by atoms with Gasteiger partial charge in [0, 0.05) is 37.9 Å². The van der Waals surface area contributed by atoms with Crippen LogP contribution in [0.25, 0.3) is 0 Å². The summed E-state index contributed by atoms with van der Waals surface area (Å²) in [6, 6.07) is 2.04. The molecule has 4 nitrogen and oxygen atoms in total. The van der Waals surface area contributed by atoms with E-state index in [0.29, 0.717) is 0 Å². The van der Waals surface area contributed by atoms with E-state index in [0.717, 1.165) is 43.2 Å². The van der Waals surface area contributed by atoms with E-state index in [2.05, 4.69) is 36.1 Å². The molecule has 0 aliphatic carbocycles.